The van der Waals surface area contributed by atoms with Gasteiger partial charge >= 0.3 is 0 Å². The number of epoxide rings is 1. The first-order valence-electron chi connectivity index (χ1n) is 3.26. The molecule has 1 aliphatic heterocycles. The van der Waals surface area contributed by atoms with Crippen LogP contribution in [-0.2, 0) is 10.5 Å². The van der Waals surface area contributed by atoms with E-state index >= 15 is 0 Å². The molecule has 0 N–H and O–H groups in total. The summed E-state index contributed by atoms with van der Waals surface area (Å²) in [7, 11) is 0. The third-order valence-corrected chi connectivity index (χ3v) is 1.99. The fraction of sp³-hybridized carbons (Fsp3) is 0.667. The lowest BCUT2D eigenvalue weighted by Gasteiger charge is -2.02. The molecular weight excluding hydrogens is 130 g/mol. The van der Waals surface area contributed by atoms with E-state index in [9.17, 15) is 0 Å². The largest absolute Gasteiger partial charge is 0.343 e. The van der Waals surface area contributed by atoms with Crippen LogP contribution >= 0.6 is 0 Å². The maximum atomic E-state index is 5.31. The molecule has 0 aromatic carbocycles. The van der Waals surface area contributed by atoms with Gasteiger partial charge < -0.3 is 4.74 Å². The molecule has 0 radical (unpaired) electrons. The first kappa shape index (κ1) is 5.85. The van der Waals surface area contributed by atoms with Crippen molar-refractivity contribution >= 4 is 0 Å². The molecular formula is C6H9N3O. The van der Waals surface area contributed by atoms with Crippen LogP contribution in [0.3, 0.4) is 0 Å². The molecule has 1 aromatic rings. The zero-order valence-electron chi connectivity index (χ0n) is 5.98. The van der Waals surface area contributed by atoms with Gasteiger partial charge in [-0.2, -0.15) is 5.10 Å². The number of hydrogen-bond donors (Lipinski definition) is 0. The van der Waals surface area contributed by atoms with Gasteiger partial charge in [-0.3, -0.25) is 0 Å². The van der Waals surface area contributed by atoms with E-state index < -0.39 is 0 Å². The Balaban J connectivity index is 2.30. The van der Waals surface area contributed by atoms with Gasteiger partial charge in [-0.05, 0) is 13.8 Å². The maximum absolute atomic E-state index is 5.31. The highest BCUT2D eigenvalue weighted by Gasteiger charge is 2.51. The van der Waals surface area contributed by atoms with Crippen molar-refractivity contribution in [2.45, 2.75) is 25.7 Å². The summed E-state index contributed by atoms with van der Waals surface area (Å²) in [5, 5.41) is 3.98. The molecule has 1 saturated heterocycles. The molecule has 1 aliphatic rings. The monoisotopic (exact) mass is 139 g/mol. The Hall–Kier alpha value is -0.900. The lowest BCUT2D eigenvalue weighted by atomic mass is 10.3. The second-order valence-electron chi connectivity index (χ2n) is 2.65. The van der Waals surface area contributed by atoms with Crippen LogP contribution in [0.5, 0.6) is 0 Å². The Labute approximate surface area is 58.8 Å². The van der Waals surface area contributed by atoms with Crippen LogP contribution in [-0.4, -0.2) is 20.9 Å². The SMILES string of the molecule is CC1OC1(C)n1cncn1. The van der Waals surface area contributed by atoms with E-state index in [1.807, 2.05) is 13.8 Å². The minimum Gasteiger partial charge on any atom is -0.343 e. The first-order valence-corrected chi connectivity index (χ1v) is 3.26. The number of aromatic nitrogens is 3. The van der Waals surface area contributed by atoms with E-state index in [1.54, 1.807) is 11.0 Å². The van der Waals surface area contributed by atoms with Gasteiger partial charge in [0, 0.05) is 0 Å². The second-order valence-corrected chi connectivity index (χ2v) is 2.65. The summed E-state index contributed by atoms with van der Waals surface area (Å²) < 4.78 is 7.04. The molecule has 10 heavy (non-hydrogen) atoms. The molecule has 0 amide bonds. The van der Waals surface area contributed by atoms with Crippen LogP contribution in [0.25, 0.3) is 0 Å². The van der Waals surface area contributed by atoms with Crippen LogP contribution in [0.1, 0.15) is 13.8 Å². The van der Waals surface area contributed by atoms with Crippen LogP contribution in [0.2, 0.25) is 0 Å². The van der Waals surface area contributed by atoms with Crippen molar-refractivity contribution in [3.05, 3.63) is 12.7 Å². The highest BCUT2D eigenvalue weighted by molar-refractivity contribution is 4.90. The molecule has 2 unspecified atom stereocenters. The summed E-state index contributed by atoms with van der Waals surface area (Å²) >= 11 is 0. The van der Waals surface area contributed by atoms with Gasteiger partial charge in [0.1, 0.15) is 18.8 Å². The smallest absolute Gasteiger partial charge is 0.186 e. The summed E-state index contributed by atoms with van der Waals surface area (Å²) in [6, 6.07) is 0. The summed E-state index contributed by atoms with van der Waals surface area (Å²) in [4.78, 5) is 3.83. The molecule has 0 aliphatic carbocycles. The lowest BCUT2D eigenvalue weighted by Crippen LogP contribution is -2.17. The summed E-state index contributed by atoms with van der Waals surface area (Å²) in [5.41, 5.74) is -0.226. The van der Waals surface area contributed by atoms with Crippen molar-refractivity contribution in [3.63, 3.8) is 0 Å². The molecule has 0 saturated carbocycles. The molecule has 1 fully saturated rings. The van der Waals surface area contributed by atoms with Gasteiger partial charge in [0.25, 0.3) is 0 Å². The predicted molar refractivity (Wildman–Crippen MR) is 34.2 cm³/mol. The molecule has 2 rings (SSSR count). The predicted octanol–water partition coefficient (Wildman–Crippen LogP) is 0.369. The Bertz CT molecular complexity index is 233. The fourth-order valence-electron chi connectivity index (χ4n) is 1.00. The Morgan fingerprint density at radius 1 is 1.70 bits per heavy atom. The van der Waals surface area contributed by atoms with E-state index in [-0.39, 0.29) is 11.8 Å². The number of hydrogen-bond acceptors (Lipinski definition) is 3. The molecule has 2 atom stereocenters. The maximum Gasteiger partial charge on any atom is 0.186 e. The van der Waals surface area contributed by atoms with Crippen molar-refractivity contribution in [1.29, 1.82) is 0 Å². The van der Waals surface area contributed by atoms with E-state index in [2.05, 4.69) is 10.1 Å². The quantitative estimate of drug-likeness (QED) is 0.528. The molecule has 0 bridgehead atoms. The second kappa shape index (κ2) is 1.58. The highest BCUT2D eigenvalue weighted by atomic mass is 16.6. The fourth-order valence-corrected chi connectivity index (χ4v) is 1.00. The average Bonchev–Trinajstić information content (AvgIpc) is 2.35. The third kappa shape index (κ3) is 0.593. The van der Waals surface area contributed by atoms with Crippen molar-refractivity contribution in [3.8, 4) is 0 Å². The third-order valence-electron chi connectivity index (χ3n) is 1.99. The summed E-state index contributed by atoms with van der Waals surface area (Å²) in [6.45, 7) is 4.01. The Kier molecular flexibility index (Phi) is 0.922. The number of ether oxygens (including phenoxy) is 1. The molecule has 54 valence electrons. The van der Waals surface area contributed by atoms with Crippen molar-refractivity contribution < 1.29 is 4.74 Å². The van der Waals surface area contributed by atoms with Crippen molar-refractivity contribution in [2.75, 3.05) is 0 Å². The van der Waals surface area contributed by atoms with Gasteiger partial charge in [0.05, 0.1) is 0 Å². The molecule has 2 heterocycles. The average molecular weight is 139 g/mol. The van der Waals surface area contributed by atoms with Crippen LogP contribution in [0, 0.1) is 0 Å². The Morgan fingerprint density at radius 2 is 2.40 bits per heavy atom. The topological polar surface area (TPSA) is 43.2 Å². The van der Waals surface area contributed by atoms with Gasteiger partial charge in [-0.1, -0.05) is 0 Å². The first-order chi connectivity index (χ1) is 4.73. The molecule has 1 aromatic heterocycles. The summed E-state index contributed by atoms with van der Waals surface area (Å²) in [6.07, 6.45) is 3.44. The van der Waals surface area contributed by atoms with Gasteiger partial charge in [0.15, 0.2) is 5.72 Å². The van der Waals surface area contributed by atoms with Gasteiger partial charge in [0.2, 0.25) is 0 Å². The summed E-state index contributed by atoms with van der Waals surface area (Å²) in [5.74, 6) is 0. The Morgan fingerprint density at radius 3 is 2.80 bits per heavy atom. The normalized spacial score (nSPS) is 38.0. The van der Waals surface area contributed by atoms with Crippen LogP contribution in [0.15, 0.2) is 12.7 Å². The number of rotatable bonds is 1. The molecule has 0 spiro atoms. The van der Waals surface area contributed by atoms with Crippen LogP contribution in [0.4, 0.5) is 0 Å². The van der Waals surface area contributed by atoms with E-state index in [1.165, 1.54) is 6.33 Å². The minimum atomic E-state index is -0.226. The lowest BCUT2D eigenvalue weighted by molar-refractivity contribution is 0.224. The van der Waals surface area contributed by atoms with Crippen molar-refractivity contribution in [2.24, 2.45) is 0 Å². The van der Waals surface area contributed by atoms with E-state index in [0.717, 1.165) is 0 Å². The zero-order chi connectivity index (χ0) is 7.19. The van der Waals surface area contributed by atoms with Crippen molar-refractivity contribution in [1.82, 2.24) is 14.8 Å². The van der Waals surface area contributed by atoms with E-state index in [0.29, 0.717) is 0 Å². The standard InChI is InChI=1S/C6H9N3O/c1-5-6(2,10-5)9-4-7-3-8-9/h3-5H,1-2H3. The van der Waals surface area contributed by atoms with Gasteiger partial charge in [-0.25, -0.2) is 9.67 Å². The molecule has 4 heteroatoms. The molecule has 4 nitrogen and oxygen atoms in total. The number of nitrogens with zero attached hydrogens (tertiary/aromatic N) is 3. The van der Waals surface area contributed by atoms with Crippen LogP contribution < -0.4 is 0 Å². The highest BCUT2D eigenvalue weighted by Crippen LogP contribution is 2.39. The van der Waals surface area contributed by atoms with Gasteiger partial charge in [-0.15, -0.1) is 0 Å². The zero-order valence-corrected chi connectivity index (χ0v) is 5.98. The minimum absolute atomic E-state index is 0.226. The van der Waals surface area contributed by atoms with E-state index in [4.69, 9.17) is 4.74 Å².